The molecular formula is C18H24O6. The maximum atomic E-state index is 12.3. The van der Waals surface area contributed by atoms with Crippen LogP contribution in [0.5, 0.6) is 0 Å². The number of hydrogen-bond donors (Lipinski definition) is 0. The van der Waals surface area contributed by atoms with Crippen LogP contribution in [0.15, 0.2) is 48.7 Å². The van der Waals surface area contributed by atoms with Crippen molar-refractivity contribution in [2.75, 3.05) is 0 Å². The monoisotopic (exact) mass is 336 g/mol. The second-order valence-electron chi connectivity index (χ2n) is 4.98. The molecule has 0 amide bonds. The van der Waals surface area contributed by atoms with E-state index in [0.717, 1.165) is 12.5 Å². The Morgan fingerprint density at radius 3 is 2.12 bits per heavy atom. The minimum Gasteiger partial charge on any atom is -0.432 e. The molecule has 0 aliphatic rings. The van der Waals surface area contributed by atoms with Crippen LogP contribution in [0.4, 0.5) is 0 Å². The number of allylic oxidation sites excluding steroid dienone is 2. The summed E-state index contributed by atoms with van der Waals surface area (Å²) in [6.07, 6.45) is 4.67. The summed E-state index contributed by atoms with van der Waals surface area (Å²) in [4.78, 5) is 36.7. The van der Waals surface area contributed by atoms with Gasteiger partial charge in [-0.25, -0.2) is 14.4 Å². The molecule has 0 N–H and O–H groups in total. The zero-order valence-electron chi connectivity index (χ0n) is 14.6. The van der Waals surface area contributed by atoms with Gasteiger partial charge in [0.25, 0.3) is 0 Å². The molecular weight excluding hydrogens is 312 g/mol. The van der Waals surface area contributed by atoms with E-state index in [0.29, 0.717) is 12.8 Å². The highest BCUT2D eigenvalue weighted by Crippen LogP contribution is 2.21. The summed E-state index contributed by atoms with van der Waals surface area (Å²) in [5.74, 6) is -3.21. The van der Waals surface area contributed by atoms with Gasteiger partial charge in [-0.1, -0.05) is 40.9 Å². The standard InChI is InChI=1S/C18H24O6/c1-7-10-11-23-17(20)15(18(21)24-13(6)8-2)14(12(4)5)16(19)22-9-3/h9-12H,3,6-8H2,1-2,4-5H3. The summed E-state index contributed by atoms with van der Waals surface area (Å²) in [6, 6.07) is 0. The van der Waals surface area contributed by atoms with Crippen LogP contribution in [0.3, 0.4) is 0 Å². The Labute approximate surface area is 142 Å². The van der Waals surface area contributed by atoms with Gasteiger partial charge in [0.15, 0.2) is 5.57 Å². The summed E-state index contributed by atoms with van der Waals surface area (Å²) >= 11 is 0. The number of hydrogen-bond acceptors (Lipinski definition) is 6. The molecule has 0 aliphatic heterocycles. The molecule has 0 radical (unpaired) electrons. The summed E-state index contributed by atoms with van der Waals surface area (Å²) < 4.78 is 14.6. The van der Waals surface area contributed by atoms with Gasteiger partial charge in [0, 0.05) is 6.42 Å². The molecule has 0 atom stereocenters. The summed E-state index contributed by atoms with van der Waals surface area (Å²) in [6.45, 7) is 13.7. The highest BCUT2D eigenvalue weighted by Gasteiger charge is 2.32. The first-order valence-electron chi connectivity index (χ1n) is 7.61. The summed E-state index contributed by atoms with van der Waals surface area (Å²) in [5, 5.41) is 0. The van der Waals surface area contributed by atoms with Crippen molar-refractivity contribution in [3.63, 3.8) is 0 Å². The topological polar surface area (TPSA) is 78.9 Å². The van der Waals surface area contributed by atoms with Crippen molar-refractivity contribution >= 4 is 17.9 Å². The highest BCUT2D eigenvalue weighted by atomic mass is 16.6. The fourth-order valence-electron chi connectivity index (χ4n) is 1.59. The second-order valence-corrected chi connectivity index (χ2v) is 4.98. The summed E-state index contributed by atoms with van der Waals surface area (Å²) in [7, 11) is 0. The fraction of sp³-hybridized carbons (Fsp3) is 0.389. The number of esters is 3. The quantitative estimate of drug-likeness (QED) is 0.160. The van der Waals surface area contributed by atoms with Crippen LogP contribution in [-0.2, 0) is 28.6 Å². The summed E-state index contributed by atoms with van der Waals surface area (Å²) in [5.41, 5.74) is -0.675. The molecule has 0 spiro atoms. The van der Waals surface area contributed by atoms with E-state index in [-0.39, 0.29) is 11.3 Å². The van der Waals surface area contributed by atoms with Gasteiger partial charge in [-0.3, -0.25) is 0 Å². The average molecular weight is 336 g/mol. The molecule has 0 aromatic heterocycles. The van der Waals surface area contributed by atoms with Crippen LogP contribution >= 0.6 is 0 Å². The average Bonchev–Trinajstić information content (AvgIpc) is 2.51. The lowest BCUT2D eigenvalue weighted by molar-refractivity contribution is -0.144. The molecule has 0 saturated heterocycles. The smallest absolute Gasteiger partial charge is 0.351 e. The highest BCUT2D eigenvalue weighted by molar-refractivity contribution is 6.19. The van der Waals surface area contributed by atoms with E-state index in [1.165, 1.54) is 0 Å². The van der Waals surface area contributed by atoms with E-state index >= 15 is 0 Å². The van der Waals surface area contributed by atoms with E-state index in [1.54, 1.807) is 26.8 Å². The van der Waals surface area contributed by atoms with Crippen molar-refractivity contribution in [2.24, 2.45) is 5.92 Å². The third kappa shape index (κ3) is 6.64. The van der Waals surface area contributed by atoms with Crippen molar-refractivity contribution in [3.05, 3.63) is 48.7 Å². The van der Waals surface area contributed by atoms with E-state index in [4.69, 9.17) is 14.2 Å². The zero-order valence-corrected chi connectivity index (χ0v) is 14.6. The SMILES string of the molecule is C=COC(=O)C(=C(C(=O)OC=CCC)C(=O)OC(=C)CC)C(C)C. The van der Waals surface area contributed by atoms with Crippen molar-refractivity contribution in [1.82, 2.24) is 0 Å². The van der Waals surface area contributed by atoms with Crippen molar-refractivity contribution < 1.29 is 28.6 Å². The van der Waals surface area contributed by atoms with Gasteiger partial charge in [0.1, 0.15) is 5.76 Å². The predicted molar refractivity (Wildman–Crippen MR) is 89.2 cm³/mol. The van der Waals surface area contributed by atoms with Gasteiger partial charge in [-0.2, -0.15) is 0 Å². The number of rotatable bonds is 9. The van der Waals surface area contributed by atoms with Crippen LogP contribution < -0.4 is 0 Å². The van der Waals surface area contributed by atoms with Crippen LogP contribution in [0.2, 0.25) is 0 Å². The number of ether oxygens (including phenoxy) is 3. The van der Waals surface area contributed by atoms with Crippen molar-refractivity contribution in [1.29, 1.82) is 0 Å². The third-order valence-corrected chi connectivity index (χ3v) is 2.80. The molecule has 0 aliphatic carbocycles. The first-order valence-corrected chi connectivity index (χ1v) is 7.61. The predicted octanol–water partition coefficient (Wildman–Crippen LogP) is 3.56. The largest absolute Gasteiger partial charge is 0.432 e. The van der Waals surface area contributed by atoms with Crippen LogP contribution in [0.25, 0.3) is 0 Å². The Morgan fingerprint density at radius 2 is 1.67 bits per heavy atom. The molecule has 0 fully saturated rings. The third-order valence-electron chi connectivity index (χ3n) is 2.80. The molecule has 0 bridgehead atoms. The Bertz CT molecular complexity index is 566. The Kier molecular flexibility index (Phi) is 9.79. The lowest BCUT2D eigenvalue weighted by Gasteiger charge is -2.14. The van der Waals surface area contributed by atoms with Crippen LogP contribution in [-0.4, -0.2) is 17.9 Å². The fourth-order valence-corrected chi connectivity index (χ4v) is 1.59. The molecule has 0 unspecified atom stereocenters. The molecule has 132 valence electrons. The lowest BCUT2D eigenvalue weighted by atomic mass is 9.97. The normalized spacial score (nSPS) is 11.7. The maximum Gasteiger partial charge on any atom is 0.351 e. The minimum absolute atomic E-state index is 0.154. The van der Waals surface area contributed by atoms with E-state index < -0.39 is 29.4 Å². The van der Waals surface area contributed by atoms with Gasteiger partial charge >= 0.3 is 17.9 Å². The van der Waals surface area contributed by atoms with Crippen LogP contribution in [0, 0.1) is 5.92 Å². The lowest BCUT2D eigenvalue weighted by Crippen LogP contribution is -2.24. The minimum atomic E-state index is -1.01. The zero-order chi connectivity index (χ0) is 18.7. The first-order chi connectivity index (χ1) is 11.3. The van der Waals surface area contributed by atoms with Gasteiger partial charge in [-0.05, 0) is 18.4 Å². The number of carbonyl (C=O) groups excluding carboxylic acids is 3. The molecule has 24 heavy (non-hydrogen) atoms. The molecule has 0 rings (SSSR count). The van der Waals surface area contributed by atoms with Crippen molar-refractivity contribution in [3.8, 4) is 0 Å². The second kappa shape index (κ2) is 11.0. The molecule has 0 aromatic carbocycles. The Balaban J connectivity index is 5.99. The van der Waals surface area contributed by atoms with Gasteiger partial charge in [0.2, 0.25) is 0 Å². The Morgan fingerprint density at radius 1 is 1.04 bits per heavy atom. The molecule has 6 heteroatoms. The first kappa shape index (κ1) is 21.4. The van der Waals surface area contributed by atoms with Crippen LogP contribution in [0.1, 0.15) is 40.5 Å². The maximum absolute atomic E-state index is 12.3. The van der Waals surface area contributed by atoms with Gasteiger partial charge < -0.3 is 14.2 Å². The molecule has 0 saturated carbocycles. The molecule has 0 aromatic rings. The van der Waals surface area contributed by atoms with E-state index in [1.807, 2.05) is 6.92 Å². The van der Waals surface area contributed by atoms with Gasteiger partial charge in [-0.15, -0.1) is 0 Å². The Hall–Kier alpha value is -2.63. The molecule has 0 heterocycles. The van der Waals surface area contributed by atoms with E-state index in [9.17, 15) is 14.4 Å². The van der Waals surface area contributed by atoms with Crippen molar-refractivity contribution in [2.45, 2.75) is 40.5 Å². The number of carbonyl (C=O) groups is 3. The molecule has 6 nitrogen and oxygen atoms in total. The van der Waals surface area contributed by atoms with Gasteiger partial charge in [0.05, 0.1) is 18.1 Å². The van der Waals surface area contributed by atoms with E-state index in [2.05, 4.69) is 13.2 Å².